The van der Waals surface area contributed by atoms with Crippen LogP contribution in [0, 0.1) is 6.92 Å². The number of carbonyl (C=O) groups excluding carboxylic acids is 1. The number of amides is 1. The van der Waals surface area contributed by atoms with Crippen LogP contribution in [-0.2, 0) is 17.8 Å². The number of aryl methyl sites for hydroxylation is 2. The molecule has 3 N–H and O–H groups in total. The summed E-state index contributed by atoms with van der Waals surface area (Å²) in [6.07, 6.45) is 3.03. The van der Waals surface area contributed by atoms with E-state index in [0.717, 1.165) is 27.6 Å². The Morgan fingerprint density at radius 3 is 2.74 bits per heavy atom. The number of nitrogens with one attached hydrogen (secondary N) is 1. The molecule has 0 spiro atoms. The second kappa shape index (κ2) is 6.33. The van der Waals surface area contributed by atoms with E-state index in [9.17, 15) is 4.79 Å². The molecule has 0 aliphatic carbocycles. The molecule has 100 valence electrons. The number of hydrogen-bond acceptors (Lipinski definition) is 4. The Morgan fingerprint density at radius 1 is 1.37 bits per heavy atom. The van der Waals surface area contributed by atoms with Gasteiger partial charge in [0.2, 0.25) is 5.91 Å². The third-order valence-corrected chi connectivity index (χ3v) is 3.64. The van der Waals surface area contributed by atoms with E-state index >= 15 is 0 Å². The summed E-state index contributed by atoms with van der Waals surface area (Å²) in [6, 6.07) is 7.61. The summed E-state index contributed by atoms with van der Waals surface area (Å²) in [6.45, 7) is 2.52. The van der Waals surface area contributed by atoms with Crippen LogP contribution in [0.15, 0.2) is 30.5 Å². The maximum absolute atomic E-state index is 11.7. The first kappa shape index (κ1) is 13.5. The maximum atomic E-state index is 11.7. The third-order valence-electron chi connectivity index (χ3n) is 2.73. The Bertz CT molecular complexity index is 548. The van der Waals surface area contributed by atoms with Crippen LogP contribution in [0.1, 0.15) is 21.9 Å². The van der Waals surface area contributed by atoms with Crippen molar-refractivity contribution in [3.63, 3.8) is 0 Å². The molecule has 1 amide bonds. The van der Waals surface area contributed by atoms with Crippen molar-refractivity contribution in [1.82, 2.24) is 10.3 Å². The lowest BCUT2D eigenvalue weighted by atomic mass is 10.1. The van der Waals surface area contributed by atoms with Gasteiger partial charge in [-0.25, -0.2) is 4.98 Å². The Balaban J connectivity index is 1.74. The highest BCUT2D eigenvalue weighted by Gasteiger charge is 2.04. The van der Waals surface area contributed by atoms with Gasteiger partial charge in [0.15, 0.2) is 0 Å². The predicted octanol–water partition coefficient (Wildman–Crippen LogP) is 2.28. The van der Waals surface area contributed by atoms with Gasteiger partial charge in [0.05, 0.1) is 6.54 Å². The fourth-order valence-corrected chi connectivity index (χ4v) is 2.41. The summed E-state index contributed by atoms with van der Waals surface area (Å²) < 4.78 is 0. The van der Waals surface area contributed by atoms with Crippen molar-refractivity contribution in [3.8, 4) is 0 Å². The Labute approximate surface area is 116 Å². The summed E-state index contributed by atoms with van der Waals surface area (Å²) >= 11 is 1.61. The molecule has 1 aromatic heterocycles. The van der Waals surface area contributed by atoms with E-state index in [1.807, 2.05) is 37.4 Å². The number of thiazole rings is 1. The van der Waals surface area contributed by atoms with Gasteiger partial charge in [0.25, 0.3) is 0 Å². The van der Waals surface area contributed by atoms with Crippen LogP contribution in [0.25, 0.3) is 0 Å². The smallest absolute Gasteiger partial charge is 0.220 e. The molecule has 1 heterocycles. The summed E-state index contributed by atoms with van der Waals surface area (Å²) in [4.78, 5) is 17.1. The van der Waals surface area contributed by atoms with Gasteiger partial charge in [-0.2, -0.15) is 0 Å². The third kappa shape index (κ3) is 4.37. The lowest BCUT2D eigenvalue weighted by Crippen LogP contribution is -2.22. The van der Waals surface area contributed by atoms with E-state index in [0.29, 0.717) is 13.0 Å². The molecule has 4 nitrogen and oxygen atoms in total. The number of rotatable bonds is 5. The minimum atomic E-state index is 0.0460. The quantitative estimate of drug-likeness (QED) is 0.823. The molecule has 0 saturated heterocycles. The zero-order chi connectivity index (χ0) is 13.7. The molecule has 19 heavy (non-hydrogen) atoms. The van der Waals surface area contributed by atoms with Gasteiger partial charge >= 0.3 is 0 Å². The highest BCUT2D eigenvalue weighted by atomic mass is 32.1. The normalized spacial score (nSPS) is 10.4. The minimum Gasteiger partial charge on any atom is -0.399 e. The monoisotopic (exact) mass is 275 g/mol. The summed E-state index contributed by atoms with van der Waals surface area (Å²) in [5.74, 6) is 0.0460. The van der Waals surface area contributed by atoms with Gasteiger partial charge in [0.1, 0.15) is 5.01 Å². The highest BCUT2D eigenvalue weighted by Crippen LogP contribution is 2.11. The Morgan fingerprint density at radius 2 is 2.11 bits per heavy atom. The fourth-order valence-electron chi connectivity index (χ4n) is 1.69. The van der Waals surface area contributed by atoms with Crippen LogP contribution >= 0.6 is 11.3 Å². The van der Waals surface area contributed by atoms with Gasteiger partial charge in [-0.3, -0.25) is 4.79 Å². The second-order valence-corrected chi connectivity index (χ2v) is 5.70. The number of hydrogen-bond donors (Lipinski definition) is 2. The van der Waals surface area contributed by atoms with Crippen LogP contribution in [0.5, 0.6) is 0 Å². The van der Waals surface area contributed by atoms with Crippen LogP contribution < -0.4 is 11.1 Å². The summed E-state index contributed by atoms with van der Waals surface area (Å²) in [5.41, 5.74) is 7.47. The van der Waals surface area contributed by atoms with Crippen molar-refractivity contribution in [2.45, 2.75) is 26.3 Å². The van der Waals surface area contributed by atoms with Gasteiger partial charge in [-0.1, -0.05) is 12.1 Å². The SMILES string of the molecule is Cc1cnc(CNC(=O)CCc2ccc(N)cc2)s1. The molecule has 0 atom stereocenters. The molecule has 0 saturated carbocycles. The topological polar surface area (TPSA) is 68.0 Å². The molecule has 0 unspecified atom stereocenters. The van der Waals surface area contributed by atoms with Crippen molar-refractivity contribution in [1.29, 1.82) is 0 Å². The first-order valence-electron chi connectivity index (χ1n) is 6.16. The van der Waals surface area contributed by atoms with Crippen LogP contribution in [0.4, 0.5) is 5.69 Å². The van der Waals surface area contributed by atoms with E-state index in [2.05, 4.69) is 10.3 Å². The molecular formula is C14H17N3OS. The lowest BCUT2D eigenvalue weighted by Gasteiger charge is -2.04. The molecular weight excluding hydrogens is 258 g/mol. The number of nitrogens with two attached hydrogens (primary N) is 1. The molecule has 0 aliphatic heterocycles. The van der Waals surface area contributed by atoms with Crippen LogP contribution in [-0.4, -0.2) is 10.9 Å². The van der Waals surface area contributed by atoms with Crippen molar-refractivity contribution < 1.29 is 4.79 Å². The van der Waals surface area contributed by atoms with E-state index in [1.165, 1.54) is 0 Å². The largest absolute Gasteiger partial charge is 0.399 e. The maximum Gasteiger partial charge on any atom is 0.220 e. The van der Waals surface area contributed by atoms with Crippen molar-refractivity contribution in [3.05, 3.63) is 45.9 Å². The molecule has 5 heteroatoms. The summed E-state index contributed by atoms with van der Waals surface area (Å²) in [7, 11) is 0. The number of nitrogen functional groups attached to an aromatic ring is 1. The molecule has 0 radical (unpaired) electrons. The number of anilines is 1. The zero-order valence-corrected chi connectivity index (χ0v) is 11.7. The number of nitrogens with zero attached hydrogens (tertiary/aromatic N) is 1. The lowest BCUT2D eigenvalue weighted by molar-refractivity contribution is -0.121. The average Bonchev–Trinajstić information content (AvgIpc) is 2.81. The number of benzene rings is 1. The van der Waals surface area contributed by atoms with Crippen molar-refractivity contribution in [2.75, 3.05) is 5.73 Å². The summed E-state index contributed by atoms with van der Waals surface area (Å²) in [5, 5.41) is 3.82. The molecule has 2 aromatic rings. The van der Waals surface area contributed by atoms with Crippen LogP contribution in [0.3, 0.4) is 0 Å². The molecule has 0 bridgehead atoms. The first-order valence-corrected chi connectivity index (χ1v) is 6.97. The Kier molecular flexibility index (Phi) is 4.52. The molecule has 1 aromatic carbocycles. The van der Waals surface area contributed by atoms with E-state index in [-0.39, 0.29) is 5.91 Å². The van der Waals surface area contributed by atoms with E-state index < -0.39 is 0 Å². The van der Waals surface area contributed by atoms with E-state index in [1.54, 1.807) is 11.3 Å². The van der Waals surface area contributed by atoms with E-state index in [4.69, 9.17) is 5.73 Å². The minimum absolute atomic E-state index is 0.0460. The fraction of sp³-hybridized carbons (Fsp3) is 0.286. The Hall–Kier alpha value is -1.88. The second-order valence-electron chi connectivity index (χ2n) is 4.38. The highest BCUT2D eigenvalue weighted by molar-refractivity contribution is 7.11. The van der Waals surface area contributed by atoms with Gasteiger partial charge in [0, 0.05) is 23.2 Å². The molecule has 0 aliphatic rings. The first-order chi connectivity index (χ1) is 9.13. The van der Waals surface area contributed by atoms with Crippen molar-refractivity contribution >= 4 is 22.9 Å². The van der Waals surface area contributed by atoms with Gasteiger partial charge in [-0.05, 0) is 31.0 Å². The average molecular weight is 275 g/mol. The standard InChI is InChI=1S/C14H17N3OS/c1-10-8-17-14(19-10)9-16-13(18)7-4-11-2-5-12(15)6-3-11/h2-3,5-6,8H,4,7,9,15H2,1H3,(H,16,18). The van der Waals surface area contributed by atoms with Crippen molar-refractivity contribution in [2.24, 2.45) is 0 Å². The van der Waals surface area contributed by atoms with Crippen LogP contribution in [0.2, 0.25) is 0 Å². The predicted molar refractivity (Wildman–Crippen MR) is 77.9 cm³/mol. The van der Waals surface area contributed by atoms with Gasteiger partial charge in [-0.15, -0.1) is 11.3 Å². The zero-order valence-electron chi connectivity index (χ0n) is 10.8. The number of carbonyl (C=O) groups is 1. The number of aromatic nitrogens is 1. The molecule has 0 fully saturated rings. The van der Waals surface area contributed by atoms with Gasteiger partial charge < -0.3 is 11.1 Å². The molecule has 2 rings (SSSR count).